The lowest BCUT2D eigenvalue weighted by molar-refractivity contribution is 0.278. The number of halogens is 1. The van der Waals surface area contributed by atoms with E-state index in [1.54, 1.807) is 37.3 Å². The first-order valence-corrected chi connectivity index (χ1v) is 10.8. The summed E-state index contributed by atoms with van der Waals surface area (Å²) in [5, 5.41) is 0.846. The van der Waals surface area contributed by atoms with Crippen molar-refractivity contribution in [1.82, 2.24) is 9.55 Å². The largest absolute Gasteiger partial charge is 0.493 e. The third-order valence-electron chi connectivity index (χ3n) is 4.81. The van der Waals surface area contributed by atoms with Crippen LogP contribution < -0.4 is 20.8 Å². The number of ether oxygens (including phenoxy) is 2. The molecule has 0 saturated carbocycles. The zero-order chi connectivity index (χ0) is 21.3. The maximum absolute atomic E-state index is 13.2. The number of benzene rings is 2. The maximum Gasteiger partial charge on any atom is 0.271 e. The van der Waals surface area contributed by atoms with Gasteiger partial charge < -0.3 is 15.2 Å². The Kier molecular flexibility index (Phi) is 6.04. The predicted octanol–water partition coefficient (Wildman–Crippen LogP) is 4.01. The summed E-state index contributed by atoms with van der Waals surface area (Å²) < 4.78 is 12.7. The van der Waals surface area contributed by atoms with Crippen molar-refractivity contribution >= 4 is 23.4 Å². The maximum atomic E-state index is 13.2. The van der Waals surface area contributed by atoms with E-state index in [-0.39, 0.29) is 16.9 Å². The molecule has 0 spiro atoms. The highest BCUT2D eigenvalue weighted by molar-refractivity contribution is 7.99. The van der Waals surface area contributed by atoms with E-state index in [2.05, 4.69) is 4.98 Å². The van der Waals surface area contributed by atoms with Crippen LogP contribution >= 0.6 is 23.4 Å². The quantitative estimate of drug-likeness (QED) is 0.620. The molecule has 1 aromatic heterocycles. The fraction of sp³-hybridized carbons (Fsp3) is 0.273. The molecule has 2 atom stereocenters. The molecule has 2 aromatic carbocycles. The number of hydrogen-bond acceptors (Lipinski definition) is 6. The van der Waals surface area contributed by atoms with Crippen molar-refractivity contribution in [2.75, 3.05) is 13.7 Å². The summed E-state index contributed by atoms with van der Waals surface area (Å²) in [7, 11) is 1.56. The molecular weight excluding hydrogens is 422 g/mol. The van der Waals surface area contributed by atoms with Crippen LogP contribution in [0.15, 0.2) is 58.5 Å². The molecule has 8 heteroatoms. The molecular formula is C22H22ClN3O3S. The highest BCUT2D eigenvalue weighted by atomic mass is 35.5. The van der Waals surface area contributed by atoms with Crippen LogP contribution in [0.3, 0.4) is 0 Å². The van der Waals surface area contributed by atoms with Crippen molar-refractivity contribution in [2.24, 2.45) is 5.73 Å². The van der Waals surface area contributed by atoms with Crippen LogP contribution in [0.2, 0.25) is 5.02 Å². The van der Waals surface area contributed by atoms with Gasteiger partial charge in [-0.2, -0.15) is 0 Å². The fourth-order valence-corrected chi connectivity index (χ4v) is 4.70. The minimum Gasteiger partial charge on any atom is -0.493 e. The molecule has 0 bridgehead atoms. The van der Waals surface area contributed by atoms with Crippen molar-refractivity contribution in [3.05, 3.63) is 75.4 Å². The molecule has 2 N–H and O–H groups in total. The third-order valence-corrected chi connectivity index (χ3v) is 6.43. The number of fused-ring (bicyclic) bond motifs is 1. The van der Waals surface area contributed by atoms with Crippen molar-refractivity contribution in [1.29, 1.82) is 0 Å². The molecule has 2 heterocycles. The zero-order valence-corrected chi connectivity index (χ0v) is 18.2. The van der Waals surface area contributed by atoms with E-state index in [1.165, 1.54) is 4.57 Å². The molecule has 0 amide bonds. The molecule has 156 valence electrons. The van der Waals surface area contributed by atoms with Gasteiger partial charge in [-0.15, -0.1) is 11.8 Å². The summed E-state index contributed by atoms with van der Waals surface area (Å²) in [5.74, 6) is 1.12. The summed E-state index contributed by atoms with van der Waals surface area (Å²) in [5.41, 5.74) is 8.28. The van der Waals surface area contributed by atoms with Crippen molar-refractivity contribution in [3.8, 4) is 17.2 Å². The molecule has 1 aliphatic rings. The average Bonchev–Trinajstić information content (AvgIpc) is 3.18. The van der Waals surface area contributed by atoms with Gasteiger partial charge >= 0.3 is 0 Å². The Labute approximate surface area is 184 Å². The first kappa shape index (κ1) is 20.8. The Bertz CT molecular complexity index is 1120. The van der Waals surface area contributed by atoms with Gasteiger partial charge in [0.2, 0.25) is 0 Å². The lowest BCUT2D eigenvalue weighted by Gasteiger charge is -2.14. The van der Waals surface area contributed by atoms with Gasteiger partial charge in [0.1, 0.15) is 12.9 Å². The Morgan fingerprint density at radius 2 is 2.03 bits per heavy atom. The molecule has 4 rings (SSSR count). The molecule has 1 aliphatic heterocycles. The molecule has 3 aromatic rings. The first-order valence-electron chi connectivity index (χ1n) is 9.55. The number of methoxy groups -OCH3 is 1. The lowest BCUT2D eigenvalue weighted by atomic mass is 10.1. The number of hydrogen-bond donors (Lipinski definition) is 1. The van der Waals surface area contributed by atoms with Crippen molar-refractivity contribution in [2.45, 2.75) is 29.5 Å². The van der Waals surface area contributed by atoms with Gasteiger partial charge in [-0.3, -0.25) is 9.36 Å². The molecule has 0 saturated heterocycles. The summed E-state index contributed by atoms with van der Waals surface area (Å²) in [6.07, 6.45) is 2.29. The van der Waals surface area contributed by atoms with Gasteiger partial charge in [0.25, 0.3) is 5.56 Å². The van der Waals surface area contributed by atoms with Crippen LogP contribution in [0, 0.1) is 0 Å². The molecule has 6 nitrogen and oxygen atoms in total. The molecule has 0 fully saturated rings. The van der Waals surface area contributed by atoms with Crippen molar-refractivity contribution < 1.29 is 9.47 Å². The summed E-state index contributed by atoms with van der Waals surface area (Å²) >= 11 is 7.54. The smallest absolute Gasteiger partial charge is 0.271 e. The number of rotatable bonds is 6. The second-order valence-corrected chi connectivity index (χ2v) is 8.83. The van der Waals surface area contributed by atoms with Gasteiger partial charge in [0.15, 0.2) is 11.5 Å². The second kappa shape index (κ2) is 8.71. The van der Waals surface area contributed by atoms with Crippen LogP contribution in [-0.2, 0) is 6.42 Å². The van der Waals surface area contributed by atoms with Gasteiger partial charge in [0, 0.05) is 28.8 Å². The van der Waals surface area contributed by atoms with Crippen molar-refractivity contribution in [3.63, 3.8) is 0 Å². The average molecular weight is 444 g/mol. The van der Waals surface area contributed by atoms with Crippen LogP contribution in [0.25, 0.3) is 5.69 Å². The summed E-state index contributed by atoms with van der Waals surface area (Å²) in [6.45, 7) is 2.24. The minimum absolute atomic E-state index is 0.0900. The number of nitrogens with two attached hydrogens (primary N) is 1. The normalized spacial score (nSPS) is 16.2. The topological polar surface area (TPSA) is 79.4 Å². The van der Waals surface area contributed by atoms with E-state index >= 15 is 0 Å². The van der Waals surface area contributed by atoms with Crippen LogP contribution in [0.4, 0.5) is 0 Å². The van der Waals surface area contributed by atoms with Crippen LogP contribution in [0.5, 0.6) is 11.5 Å². The standard InChI is InChI=1S/C22H22ClN3O3S/c1-13(24)11-29-18-8-7-16(9-19(18)28-2)26-12-25-17-10-20(30-21(17)22(26)27)14-3-5-15(23)6-4-14/h3-9,12-13,20H,10-11,24H2,1-2H3/t13-,20?/m0/s1. The van der Waals surface area contributed by atoms with E-state index in [0.717, 1.165) is 11.3 Å². The Morgan fingerprint density at radius 3 is 2.73 bits per heavy atom. The molecule has 0 radical (unpaired) electrons. The van der Waals surface area contributed by atoms with E-state index in [9.17, 15) is 4.79 Å². The van der Waals surface area contributed by atoms with Gasteiger partial charge in [0.05, 0.1) is 23.4 Å². The number of thioether (sulfide) groups is 1. The van der Waals surface area contributed by atoms with Gasteiger partial charge in [-0.25, -0.2) is 4.98 Å². The monoisotopic (exact) mass is 443 g/mol. The highest BCUT2D eigenvalue weighted by Gasteiger charge is 2.28. The van der Waals surface area contributed by atoms with Crippen LogP contribution in [-0.4, -0.2) is 29.3 Å². The minimum atomic E-state index is -0.0940. The molecule has 0 aliphatic carbocycles. The Balaban J connectivity index is 1.63. The summed E-state index contributed by atoms with van der Waals surface area (Å²) in [6, 6.07) is 13.0. The summed E-state index contributed by atoms with van der Waals surface area (Å²) in [4.78, 5) is 18.4. The lowest BCUT2D eigenvalue weighted by Crippen LogP contribution is -2.24. The van der Waals surface area contributed by atoms with E-state index in [0.29, 0.717) is 40.1 Å². The van der Waals surface area contributed by atoms with E-state index in [1.807, 2.05) is 37.3 Å². The Morgan fingerprint density at radius 1 is 1.27 bits per heavy atom. The zero-order valence-electron chi connectivity index (χ0n) is 16.7. The third kappa shape index (κ3) is 4.19. The van der Waals surface area contributed by atoms with Gasteiger partial charge in [-0.1, -0.05) is 23.7 Å². The first-order chi connectivity index (χ1) is 14.5. The number of nitrogens with zero attached hydrogens (tertiary/aromatic N) is 2. The van der Waals surface area contributed by atoms with Crippen LogP contribution in [0.1, 0.15) is 23.4 Å². The second-order valence-electron chi connectivity index (χ2n) is 7.18. The predicted molar refractivity (Wildman–Crippen MR) is 119 cm³/mol. The Hall–Kier alpha value is -2.48. The number of aromatic nitrogens is 2. The molecule has 1 unspecified atom stereocenters. The fourth-order valence-electron chi connectivity index (χ4n) is 3.29. The highest BCUT2D eigenvalue weighted by Crippen LogP contribution is 2.44. The van der Waals surface area contributed by atoms with E-state index < -0.39 is 0 Å². The SMILES string of the molecule is COc1cc(-n2cnc3c(c2=O)SC(c2ccc(Cl)cc2)C3)ccc1OC[C@H](C)N. The van der Waals surface area contributed by atoms with Gasteiger partial charge in [-0.05, 0) is 36.8 Å². The molecule has 30 heavy (non-hydrogen) atoms. The van der Waals surface area contributed by atoms with E-state index in [4.69, 9.17) is 26.8 Å².